The number of nitriles is 1. The number of carbonyl (C=O) groups is 4. The van der Waals surface area contributed by atoms with Crippen molar-refractivity contribution >= 4 is 84.8 Å². The van der Waals surface area contributed by atoms with E-state index in [-0.39, 0.29) is 76.6 Å². The van der Waals surface area contributed by atoms with Crippen LogP contribution in [0.25, 0.3) is 0 Å². The summed E-state index contributed by atoms with van der Waals surface area (Å²) in [5.74, 6) is -3.61. The predicted octanol–water partition coefficient (Wildman–Crippen LogP) is 7.56. The number of hydrogen-bond donors (Lipinski definition) is 2. The maximum atomic E-state index is 13.7. The number of carbonyl (C=O) groups excluding carboxylic acids is 4. The Labute approximate surface area is 482 Å². The number of aromatic nitrogens is 4. The molecule has 2 amide bonds. The Hall–Kier alpha value is -6.00. The third-order valence-electron chi connectivity index (χ3n) is 9.77. The molecule has 398 valence electrons. The van der Waals surface area contributed by atoms with Crippen LogP contribution < -0.4 is 59.5 Å². The van der Waals surface area contributed by atoms with Crippen molar-refractivity contribution in [1.82, 2.24) is 24.1 Å². The predicted molar refractivity (Wildman–Crippen MR) is 278 cm³/mol. The first-order valence-electron chi connectivity index (χ1n) is 22.2. The number of alkyl halides is 3. The number of benzene rings is 4. The Kier molecular flexibility index (Phi) is 25.9. The van der Waals surface area contributed by atoms with Gasteiger partial charge < -0.3 is 24.3 Å². The van der Waals surface area contributed by atoms with Crippen molar-refractivity contribution in [2.24, 2.45) is 7.05 Å². The Bertz CT molecular complexity index is 3210. The van der Waals surface area contributed by atoms with Gasteiger partial charge in [-0.2, -0.15) is 18.4 Å². The average molecular weight is 1310 g/mol. The largest absolute Gasteiger partial charge is 1.00 e. The molecule has 4 aromatic carbocycles. The molecule has 0 saturated carbocycles. The van der Waals surface area contributed by atoms with Gasteiger partial charge >= 0.3 is 65.4 Å². The van der Waals surface area contributed by atoms with Crippen molar-refractivity contribution < 1.29 is 98.1 Å². The first-order valence-corrected chi connectivity index (χ1v) is 25.9. The van der Waals surface area contributed by atoms with Crippen LogP contribution in [0, 0.1) is 30.1 Å². The van der Waals surface area contributed by atoms with E-state index < -0.39 is 61.9 Å². The summed E-state index contributed by atoms with van der Waals surface area (Å²) in [6.45, 7) is 4.27. The third kappa shape index (κ3) is 18.9. The van der Waals surface area contributed by atoms with Crippen LogP contribution in [-0.4, -0.2) is 65.3 Å². The minimum absolute atomic E-state index is 0. The number of esters is 2. The molecule has 27 heteroatoms. The van der Waals surface area contributed by atoms with Gasteiger partial charge in [-0.3, -0.25) is 9.59 Å². The van der Waals surface area contributed by atoms with Gasteiger partial charge in [0, 0.05) is 25.7 Å². The first kappa shape index (κ1) is 64.3. The van der Waals surface area contributed by atoms with Crippen LogP contribution in [0.3, 0.4) is 0 Å². The average Bonchev–Trinajstić information content (AvgIpc) is 3.66. The molecule has 6 aromatic rings. The van der Waals surface area contributed by atoms with Crippen molar-refractivity contribution in [3.63, 3.8) is 0 Å². The summed E-state index contributed by atoms with van der Waals surface area (Å²) < 4.78 is 115. The number of methoxy groups -OCH3 is 1. The van der Waals surface area contributed by atoms with E-state index in [0.29, 0.717) is 34.9 Å². The van der Waals surface area contributed by atoms with E-state index in [1.54, 1.807) is 16.9 Å². The second-order valence-electron chi connectivity index (χ2n) is 15.4. The van der Waals surface area contributed by atoms with Crippen LogP contribution >= 0.6 is 45.2 Å². The summed E-state index contributed by atoms with van der Waals surface area (Å²) in [4.78, 5) is 63.7. The van der Waals surface area contributed by atoms with Crippen molar-refractivity contribution in [3.8, 4) is 29.5 Å². The molecule has 0 spiro atoms. The van der Waals surface area contributed by atoms with E-state index >= 15 is 0 Å². The fourth-order valence-corrected chi connectivity index (χ4v) is 9.21. The fraction of sp³-hybridized carbons (Fsp3) is 0.265. The van der Waals surface area contributed by atoms with Crippen LogP contribution in [0.2, 0.25) is 0 Å². The fourth-order valence-electron chi connectivity index (χ4n) is 6.10. The summed E-state index contributed by atoms with van der Waals surface area (Å²) in [6, 6.07) is 18.6. The maximum Gasteiger partial charge on any atom is 1.00 e. The van der Waals surface area contributed by atoms with Crippen molar-refractivity contribution in [1.29, 1.82) is 5.26 Å². The zero-order chi connectivity index (χ0) is 55.5. The van der Waals surface area contributed by atoms with E-state index in [2.05, 4.69) is 78.3 Å². The molecule has 6 rings (SSSR count). The number of unbranched alkanes of at least 4 members (excludes halogenated alkanes) is 4. The van der Waals surface area contributed by atoms with Crippen LogP contribution in [0.15, 0.2) is 107 Å². The van der Waals surface area contributed by atoms with E-state index in [9.17, 15) is 54.3 Å². The molecule has 2 N–H and O–H groups in total. The number of halogens is 7. The minimum atomic E-state index is -4.57. The third-order valence-corrected chi connectivity index (χ3v) is 12.8. The van der Waals surface area contributed by atoms with Crippen LogP contribution in [0.5, 0.6) is 23.4 Å². The Morgan fingerprint density at radius 2 is 1.53 bits per heavy atom. The van der Waals surface area contributed by atoms with E-state index in [0.717, 1.165) is 68.1 Å². The zero-order valence-electron chi connectivity index (χ0n) is 41.2. The Balaban J connectivity index is 0.000000303. The summed E-state index contributed by atoms with van der Waals surface area (Å²) in [5, 5.41) is 14.8. The molecule has 0 aliphatic heterocycles. The standard InChI is InChI=1S/C19H11F5N2O2.C15H17I2NO2.C15H18N4O7S.Na/c20-12-6-7-16(15(21)10-12)26-17(27)14-5-2-8-25-18(14)28-13-4-1-3-11(9-13)19(22,23)24;1-2-3-4-5-6-7-14(19)20-15-12(16)8-11(10-18)9-13(15)17;1-4-9-26-14-16-19(15(22)18(14)2)13(21)17-27(23,24)11-8-6-5-7-10(11)12(20)25-3;/h1-10H,(H,26,27);8-9H,2-7H2,1H3;5-8H,4,9H2,1-3H3,(H,17,21);/q;;;+1. The molecule has 76 heavy (non-hydrogen) atoms. The molecule has 0 fully saturated rings. The summed E-state index contributed by atoms with van der Waals surface area (Å²) >= 11 is 4.18. The monoisotopic (exact) mass is 1310 g/mol. The number of sulfonamides is 1. The van der Waals surface area contributed by atoms with Gasteiger partial charge in [0.2, 0.25) is 5.88 Å². The minimum Gasteiger partial charge on any atom is -0.465 e. The molecule has 0 saturated heterocycles. The number of rotatable bonds is 17. The van der Waals surface area contributed by atoms with Gasteiger partial charge in [-0.15, -0.1) is 9.78 Å². The normalized spacial score (nSPS) is 10.7. The molecule has 2 heterocycles. The molecular formula is C49H46F5I2N7NaO11S+. The summed E-state index contributed by atoms with van der Waals surface area (Å²) in [7, 11) is -2.06. The van der Waals surface area contributed by atoms with E-state index in [1.165, 1.54) is 68.9 Å². The number of ether oxygens (including phenoxy) is 4. The molecule has 18 nitrogen and oxygen atoms in total. The number of nitrogens with one attached hydrogen (secondary N) is 2. The topological polar surface area (TPSA) is 240 Å². The van der Waals surface area contributed by atoms with Crippen LogP contribution in [-0.2, 0) is 32.8 Å². The van der Waals surface area contributed by atoms with Crippen LogP contribution in [0.1, 0.15) is 90.6 Å². The van der Waals surface area contributed by atoms with Gasteiger partial charge in [0.25, 0.3) is 15.9 Å². The molecule has 0 aliphatic carbocycles. The smallest absolute Gasteiger partial charge is 0.465 e. The van der Waals surface area contributed by atoms with E-state index in [1.807, 2.05) is 6.92 Å². The number of pyridine rings is 1. The molecular weight excluding hydrogens is 1270 g/mol. The summed E-state index contributed by atoms with van der Waals surface area (Å²) in [6.07, 6.45) is 3.36. The second kappa shape index (κ2) is 30.7. The van der Waals surface area contributed by atoms with Crippen molar-refractivity contribution in [2.75, 3.05) is 19.0 Å². The first-order chi connectivity index (χ1) is 35.5. The summed E-state index contributed by atoms with van der Waals surface area (Å²) in [5.41, 5.74) is -1.93. The number of nitrogens with zero attached hydrogens (tertiary/aromatic N) is 5. The SMILES string of the molecule is CCCCCCCC(=O)Oc1c(I)cc(C#N)cc1I.CCCOc1nn(C(=O)NS(=O)(=O)c2ccccc2C(=O)OC)c(=O)n1C.O=C(Nc1ccc(F)cc1F)c1cccnc1Oc1cccc(C(F)(F)F)c1.[Na+]. The number of amides is 2. The molecule has 2 aromatic heterocycles. The molecule has 0 unspecified atom stereocenters. The Morgan fingerprint density at radius 3 is 2.16 bits per heavy atom. The van der Waals surface area contributed by atoms with Crippen molar-refractivity contribution in [2.45, 2.75) is 69.9 Å². The molecule has 0 radical (unpaired) electrons. The zero-order valence-corrected chi connectivity index (χ0v) is 48.3. The molecule has 0 bridgehead atoms. The van der Waals surface area contributed by atoms with Gasteiger partial charge in [0.15, 0.2) is 5.75 Å². The van der Waals surface area contributed by atoms with E-state index in [4.69, 9.17) is 19.5 Å². The quantitative estimate of drug-likeness (QED) is 0.0224. The number of hydrogen-bond acceptors (Lipinski definition) is 14. The van der Waals surface area contributed by atoms with Gasteiger partial charge in [0.1, 0.15) is 27.8 Å². The van der Waals surface area contributed by atoms with Gasteiger partial charge in [-0.25, -0.2) is 45.9 Å². The maximum absolute atomic E-state index is 13.7. The van der Waals surface area contributed by atoms with Crippen molar-refractivity contribution in [3.05, 3.63) is 149 Å². The van der Waals surface area contributed by atoms with Crippen LogP contribution in [0.4, 0.5) is 32.4 Å². The molecule has 0 aliphatic rings. The van der Waals surface area contributed by atoms with Gasteiger partial charge in [-0.1, -0.05) is 57.7 Å². The van der Waals surface area contributed by atoms with Gasteiger partial charge in [0.05, 0.1) is 49.3 Å². The Morgan fingerprint density at radius 1 is 0.855 bits per heavy atom. The van der Waals surface area contributed by atoms with Gasteiger partial charge in [-0.05, 0) is 125 Å². The molecule has 0 atom stereocenters. The second-order valence-corrected chi connectivity index (χ2v) is 19.3. The number of anilines is 1.